The highest BCUT2D eigenvalue weighted by Gasteiger charge is 2.28. The Balaban J connectivity index is 1.33. The predicted molar refractivity (Wildman–Crippen MR) is 116 cm³/mol. The molecule has 1 N–H and O–H groups in total. The zero-order valence-corrected chi connectivity index (χ0v) is 17.3. The Bertz CT molecular complexity index is 1050. The second kappa shape index (κ2) is 8.75. The topological polar surface area (TPSA) is 61.4 Å². The van der Waals surface area contributed by atoms with Crippen molar-refractivity contribution in [2.24, 2.45) is 0 Å². The Hall–Kier alpha value is -3.06. The van der Waals surface area contributed by atoms with Crippen LogP contribution >= 0.6 is 0 Å². The van der Waals surface area contributed by atoms with Gasteiger partial charge in [-0.1, -0.05) is 18.2 Å². The SMILES string of the molecule is Cc1cc(F)cnc1N1CCN(C(=O)CNCc2cccc3ncccc23)[C@@H](C)C1. The first-order chi connectivity index (χ1) is 14.5. The van der Waals surface area contributed by atoms with Crippen LogP contribution in [0.1, 0.15) is 18.1 Å². The number of halogens is 1. The lowest BCUT2D eigenvalue weighted by Crippen LogP contribution is -2.56. The number of nitrogens with zero attached hydrogens (tertiary/aromatic N) is 4. The fourth-order valence-corrected chi connectivity index (χ4v) is 4.11. The van der Waals surface area contributed by atoms with Gasteiger partial charge in [0.15, 0.2) is 0 Å². The molecule has 1 aliphatic rings. The number of aryl methyl sites for hydroxylation is 1. The van der Waals surface area contributed by atoms with E-state index in [4.69, 9.17) is 0 Å². The van der Waals surface area contributed by atoms with Crippen LogP contribution in [0.15, 0.2) is 48.8 Å². The summed E-state index contributed by atoms with van der Waals surface area (Å²) >= 11 is 0. The highest BCUT2D eigenvalue weighted by atomic mass is 19.1. The number of aromatic nitrogens is 2. The summed E-state index contributed by atoms with van der Waals surface area (Å²) in [6.45, 7) is 6.79. The van der Waals surface area contributed by atoms with Crippen LogP contribution in [-0.2, 0) is 11.3 Å². The minimum absolute atomic E-state index is 0.0565. The molecule has 0 aliphatic carbocycles. The Kier molecular flexibility index (Phi) is 5.90. The number of fused-ring (bicyclic) bond motifs is 1. The second-order valence-corrected chi connectivity index (χ2v) is 7.77. The molecule has 7 heteroatoms. The summed E-state index contributed by atoms with van der Waals surface area (Å²) in [5, 5.41) is 4.38. The van der Waals surface area contributed by atoms with Crippen molar-refractivity contribution < 1.29 is 9.18 Å². The third-order valence-electron chi connectivity index (χ3n) is 5.59. The van der Waals surface area contributed by atoms with E-state index in [0.29, 0.717) is 26.2 Å². The summed E-state index contributed by atoms with van der Waals surface area (Å²) in [6, 6.07) is 11.6. The number of carbonyl (C=O) groups excluding carboxylic acids is 1. The van der Waals surface area contributed by atoms with Gasteiger partial charge < -0.3 is 15.1 Å². The van der Waals surface area contributed by atoms with Crippen LogP contribution in [0.3, 0.4) is 0 Å². The standard InChI is InChI=1S/C23H26FN5O/c1-16-11-19(24)13-27-23(16)28-9-10-29(17(2)15-28)22(30)14-25-12-18-5-3-7-21-20(18)6-4-8-26-21/h3-8,11,13,17,25H,9-10,12,14-15H2,1-2H3/t17-/m0/s1. The van der Waals surface area contributed by atoms with Gasteiger partial charge in [-0.25, -0.2) is 9.37 Å². The molecule has 1 amide bonds. The van der Waals surface area contributed by atoms with Crippen molar-refractivity contribution >= 4 is 22.6 Å². The number of rotatable bonds is 5. The van der Waals surface area contributed by atoms with Crippen molar-refractivity contribution in [2.75, 3.05) is 31.1 Å². The molecule has 0 bridgehead atoms. The molecule has 30 heavy (non-hydrogen) atoms. The Morgan fingerprint density at radius 3 is 2.90 bits per heavy atom. The van der Waals surface area contributed by atoms with Crippen LogP contribution in [0.25, 0.3) is 10.9 Å². The smallest absolute Gasteiger partial charge is 0.236 e. The van der Waals surface area contributed by atoms with Gasteiger partial charge in [-0.2, -0.15) is 0 Å². The Morgan fingerprint density at radius 2 is 2.10 bits per heavy atom. The van der Waals surface area contributed by atoms with Gasteiger partial charge in [0.25, 0.3) is 0 Å². The van der Waals surface area contributed by atoms with E-state index in [1.807, 2.05) is 43.0 Å². The molecule has 6 nitrogen and oxygen atoms in total. The quantitative estimate of drug-likeness (QED) is 0.705. The molecule has 1 atom stereocenters. The largest absolute Gasteiger partial charge is 0.353 e. The van der Waals surface area contributed by atoms with E-state index >= 15 is 0 Å². The van der Waals surface area contributed by atoms with Gasteiger partial charge in [0, 0.05) is 43.8 Å². The molecule has 0 saturated carbocycles. The summed E-state index contributed by atoms with van der Waals surface area (Å²) in [4.78, 5) is 25.4. The number of pyridine rings is 2. The van der Waals surface area contributed by atoms with E-state index in [-0.39, 0.29) is 24.3 Å². The number of amides is 1. The minimum Gasteiger partial charge on any atom is -0.353 e. The summed E-state index contributed by atoms with van der Waals surface area (Å²) in [7, 11) is 0. The first-order valence-corrected chi connectivity index (χ1v) is 10.2. The summed E-state index contributed by atoms with van der Waals surface area (Å²) in [5.41, 5.74) is 2.90. The average molecular weight is 407 g/mol. The molecule has 1 saturated heterocycles. The van der Waals surface area contributed by atoms with E-state index in [1.165, 1.54) is 12.3 Å². The molecular weight excluding hydrogens is 381 g/mol. The van der Waals surface area contributed by atoms with Crippen molar-refractivity contribution in [3.63, 3.8) is 0 Å². The maximum atomic E-state index is 13.3. The average Bonchev–Trinajstić information content (AvgIpc) is 2.74. The summed E-state index contributed by atoms with van der Waals surface area (Å²) < 4.78 is 13.3. The van der Waals surface area contributed by atoms with E-state index in [0.717, 1.165) is 27.8 Å². The fourth-order valence-electron chi connectivity index (χ4n) is 4.11. The molecule has 1 fully saturated rings. The molecule has 1 aliphatic heterocycles. The third-order valence-corrected chi connectivity index (χ3v) is 5.59. The predicted octanol–water partition coefficient (Wildman–Crippen LogP) is 2.90. The maximum absolute atomic E-state index is 13.3. The highest BCUT2D eigenvalue weighted by molar-refractivity contribution is 5.82. The number of nitrogens with one attached hydrogen (secondary N) is 1. The molecule has 1 aromatic carbocycles. The number of piperazine rings is 1. The van der Waals surface area contributed by atoms with Crippen molar-refractivity contribution in [3.8, 4) is 0 Å². The molecule has 0 unspecified atom stereocenters. The van der Waals surface area contributed by atoms with E-state index in [1.54, 1.807) is 6.20 Å². The normalized spacial score (nSPS) is 16.8. The van der Waals surface area contributed by atoms with Gasteiger partial charge in [-0.05, 0) is 43.2 Å². The maximum Gasteiger partial charge on any atom is 0.236 e. The summed E-state index contributed by atoms with van der Waals surface area (Å²) in [5.74, 6) is 0.550. The fraction of sp³-hybridized carbons (Fsp3) is 0.348. The summed E-state index contributed by atoms with van der Waals surface area (Å²) in [6.07, 6.45) is 3.03. The van der Waals surface area contributed by atoms with Gasteiger partial charge in [-0.3, -0.25) is 9.78 Å². The van der Waals surface area contributed by atoms with Crippen molar-refractivity contribution in [1.82, 2.24) is 20.2 Å². The molecule has 4 rings (SSSR count). The van der Waals surface area contributed by atoms with E-state index in [9.17, 15) is 9.18 Å². The van der Waals surface area contributed by atoms with Gasteiger partial charge >= 0.3 is 0 Å². The third kappa shape index (κ3) is 4.26. The monoisotopic (exact) mass is 407 g/mol. The van der Waals surface area contributed by atoms with Crippen molar-refractivity contribution in [3.05, 3.63) is 65.7 Å². The van der Waals surface area contributed by atoms with Gasteiger partial charge in [0.1, 0.15) is 11.6 Å². The molecule has 156 valence electrons. The number of hydrogen-bond donors (Lipinski definition) is 1. The van der Waals surface area contributed by atoms with Crippen LogP contribution in [0.4, 0.5) is 10.2 Å². The molecule has 3 heterocycles. The lowest BCUT2D eigenvalue weighted by Gasteiger charge is -2.41. The first kappa shape index (κ1) is 20.2. The molecule has 2 aromatic heterocycles. The number of carbonyl (C=O) groups is 1. The van der Waals surface area contributed by atoms with Gasteiger partial charge in [-0.15, -0.1) is 0 Å². The minimum atomic E-state index is -0.328. The van der Waals surface area contributed by atoms with Gasteiger partial charge in [0.05, 0.1) is 18.3 Å². The first-order valence-electron chi connectivity index (χ1n) is 10.2. The van der Waals surface area contributed by atoms with Crippen molar-refractivity contribution in [1.29, 1.82) is 0 Å². The van der Waals surface area contributed by atoms with Crippen LogP contribution < -0.4 is 10.2 Å². The van der Waals surface area contributed by atoms with Crippen LogP contribution in [0.2, 0.25) is 0 Å². The second-order valence-electron chi connectivity index (χ2n) is 7.77. The zero-order chi connectivity index (χ0) is 21.1. The lowest BCUT2D eigenvalue weighted by molar-refractivity contribution is -0.132. The van der Waals surface area contributed by atoms with Crippen LogP contribution in [0, 0.1) is 12.7 Å². The number of hydrogen-bond acceptors (Lipinski definition) is 5. The lowest BCUT2D eigenvalue weighted by atomic mass is 10.1. The zero-order valence-electron chi connectivity index (χ0n) is 17.3. The van der Waals surface area contributed by atoms with Crippen molar-refractivity contribution in [2.45, 2.75) is 26.4 Å². The molecule has 0 spiro atoms. The number of anilines is 1. The van der Waals surface area contributed by atoms with E-state index < -0.39 is 0 Å². The van der Waals surface area contributed by atoms with E-state index in [2.05, 4.69) is 26.3 Å². The van der Waals surface area contributed by atoms with Crippen LogP contribution in [0.5, 0.6) is 0 Å². The Labute approximate surface area is 175 Å². The van der Waals surface area contributed by atoms with Gasteiger partial charge in [0.2, 0.25) is 5.91 Å². The molecule has 0 radical (unpaired) electrons. The number of benzene rings is 1. The highest BCUT2D eigenvalue weighted by Crippen LogP contribution is 2.21. The Morgan fingerprint density at radius 1 is 1.23 bits per heavy atom. The molecular formula is C23H26FN5O. The van der Waals surface area contributed by atoms with Crippen LogP contribution in [-0.4, -0.2) is 53.0 Å². The molecule has 3 aromatic rings.